The summed E-state index contributed by atoms with van der Waals surface area (Å²) in [5.74, 6) is -4.29. The van der Waals surface area contributed by atoms with E-state index in [1.165, 1.54) is 47.4 Å². The number of primary amides is 1. The van der Waals surface area contributed by atoms with E-state index in [4.69, 9.17) is 63.7 Å². The number of amides is 5. The molecular formula is C46H31Cl5IN5O7. The summed E-state index contributed by atoms with van der Waals surface area (Å²) in [7, 11) is 0. The van der Waals surface area contributed by atoms with E-state index < -0.39 is 59.7 Å². The molecule has 4 atom stereocenters. The van der Waals surface area contributed by atoms with Crippen molar-refractivity contribution in [2.45, 2.75) is 24.2 Å². The normalized spacial score (nSPS) is 16.7. The molecule has 64 heavy (non-hydrogen) atoms. The summed E-state index contributed by atoms with van der Waals surface area (Å²) in [4.78, 5) is 81.7. The van der Waals surface area contributed by atoms with Crippen LogP contribution in [0.3, 0.4) is 0 Å². The molecule has 0 aliphatic carbocycles. The summed E-state index contributed by atoms with van der Waals surface area (Å²) in [5.41, 5.74) is 8.36. The van der Waals surface area contributed by atoms with Gasteiger partial charge in [0.05, 0.1) is 22.5 Å². The lowest BCUT2D eigenvalue weighted by Gasteiger charge is -2.34. The van der Waals surface area contributed by atoms with Crippen molar-refractivity contribution in [3.63, 3.8) is 0 Å². The monoisotopic (exact) mass is 1070 g/mol. The maximum atomic E-state index is 13.8. The molecule has 6 aromatic rings. The number of hydrogen-bond acceptors (Lipinski definition) is 6. The number of carbonyl (C=O) groups excluding carboxylic acids is 5. The summed E-state index contributed by atoms with van der Waals surface area (Å²) in [5, 5.41) is 17.7. The number of halogens is 6. The number of nitrogens with two attached hydrogens (primary N) is 1. The largest absolute Gasteiger partial charge is 0.479 e. The zero-order valence-corrected chi connectivity index (χ0v) is 38.6. The van der Waals surface area contributed by atoms with Crippen LogP contribution < -0.4 is 16.4 Å². The first-order valence-corrected chi connectivity index (χ1v) is 21.9. The number of aliphatic carboxylic acids is 1. The van der Waals surface area contributed by atoms with Crippen LogP contribution in [0.5, 0.6) is 0 Å². The average molecular weight is 1070 g/mol. The smallest absolute Gasteiger partial charge is 0.331 e. The van der Waals surface area contributed by atoms with Gasteiger partial charge in [-0.25, -0.2) is 4.79 Å². The number of benzene rings is 6. The Morgan fingerprint density at radius 3 is 1.31 bits per heavy atom. The molecule has 0 aromatic heterocycles. The van der Waals surface area contributed by atoms with Crippen molar-refractivity contribution in [3.05, 3.63) is 196 Å². The van der Waals surface area contributed by atoms with Crippen molar-refractivity contribution in [2.75, 3.05) is 10.6 Å². The second-order valence-corrected chi connectivity index (χ2v) is 17.8. The lowest BCUT2D eigenvalue weighted by Crippen LogP contribution is -2.46. The molecule has 6 aromatic carbocycles. The van der Waals surface area contributed by atoms with Crippen molar-refractivity contribution < 1.29 is 33.9 Å². The van der Waals surface area contributed by atoms with E-state index in [9.17, 15) is 33.9 Å². The first kappa shape index (κ1) is 46.3. The third kappa shape index (κ3) is 9.84. The van der Waals surface area contributed by atoms with Crippen LogP contribution in [0.1, 0.15) is 67.1 Å². The van der Waals surface area contributed by atoms with Gasteiger partial charge in [-0.3, -0.25) is 24.0 Å². The molecule has 4 unspecified atom stereocenters. The minimum Gasteiger partial charge on any atom is -0.479 e. The molecule has 0 radical (unpaired) electrons. The van der Waals surface area contributed by atoms with Crippen LogP contribution >= 0.6 is 80.6 Å². The Balaban J connectivity index is 0.000000191. The molecule has 0 spiro atoms. The van der Waals surface area contributed by atoms with Gasteiger partial charge in [0.1, 0.15) is 18.1 Å². The quantitative estimate of drug-likeness (QED) is 0.110. The fourth-order valence-corrected chi connectivity index (χ4v) is 8.56. The standard InChI is InChI=1S/C23H15Cl3N2O4.C23H16Cl2IN3O3/c24-14-5-1-12(2-6-14)19-21(29)27-18-10-9-16(26)11-17(18)22(30)28(19)20(23(31)32)13-3-7-15(25)8-4-13;24-14-5-1-12(2-6-14)19(21(27)30)29-20(13-3-7-15(25)8-4-13)22(31)28-18-10-9-16(26)11-17(18)23(29)32/h1-11,19-20H,(H,27,29)(H,31,32);1-11,19-20H,(H2,27,30)(H,28,31). The summed E-state index contributed by atoms with van der Waals surface area (Å²) in [6, 6.07) is 29.8. The Bertz CT molecular complexity index is 2620. The number of carboxylic acids is 1. The first-order valence-electron chi connectivity index (χ1n) is 18.9. The van der Waals surface area contributed by atoms with Gasteiger partial charge in [0.2, 0.25) is 5.91 Å². The van der Waals surface area contributed by atoms with E-state index in [1.54, 1.807) is 91.0 Å². The third-order valence-electron chi connectivity index (χ3n) is 10.3. The third-order valence-corrected chi connectivity index (χ3v) is 12.2. The van der Waals surface area contributed by atoms with Crippen LogP contribution in [0, 0.1) is 3.57 Å². The first-order chi connectivity index (χ1) is 30.5. The maximum absolute atomic E-state index is 13.8. The Morgan fingerprint density at radius 1 is 0.531 bits per heavy atom. The molecule has 0 bridgehead atoms. The molecule has 5 N–H and O–H groups in total. The molecule has 5 amide bonds. The number of carboxylic acid groups (broad SMARTS) is 1. The minimum absolute atomic E-state index is 0.0857. The zero-order valence-electron chi connectivity index (χ0n) is 32.6. The summed E-state index contributed by atoms with van der Waals surface area (Å²) in [6.45, 7) is 0. The second kappa shape index (κ2) is 19.6. The van der Waals surface area contributed by atoms with Gasteiger partial charge in [-0.05, 0) is 130 Å². The van der Waals surface area contributed by atoms with Gasteiger partial charge >= 0.3 is 5.97 Å². The van der Waals surface area contributed by atoms with Gasteiger partial charge < -0.3 is 31.3 Å². The zero-order chi connectivity index (χ0) is 46.0. The van der Waals surface area contributed by atoms with Crippen LogP contribution in [-0.4, -0.2) is 50.4 Å². The van der Waals surface area contributed by atoms with E-state index >= 15 is 0 Å². The number of fused-ring (bicyclic) bond motifs is 2. The highest BCUT2D eigenvalue weighted by Gasteiger charge is 2.45. The fraction of sp³-hybridized carbons (Fsp3) is 0.0870. The van der Waals surface area contributed by atoms with Crippen LogP contribution in [0.2, 0.25) is 25.1 Å². The van der Waals surface area contributed by atoms with Gasteiger partial charge in [-0.2, -0.15) is 0 Å². The lowest BCUT2D eigenvalue weighted by atomic mass is 9.97. The number of nitrogens with one attached hydrogen (secondary N) is 2. The summed E-state index contributed by atoms with van der Waals surface area (Å²) in [6.07, 6.45) is 0. The van der Waals surface area contributed by atoms with Gasteiger partial charge in [-0.1, -0.05) is 107 Å². The second-order valence-electron chi connectivity index (χ2n) is 14.3. The Morgan fingerprint density at radius 2 is 0.891 bits per heavy atom. The molecule has 0 saturated heterocycles. The molecule has 8 rings (SSSR count). The number of hydrogen-bond donors (Lipinski definition) is 4. The van der Waals surface area contributed by atoms with Crippen LogP contribution in [0.15, 0.2) is 133 Å². The highest BCUT2D eigenvalue weighted by molar-refractivity contribution is 14.1. The van der Waals surface area contributed by atoms with Gasteiger partial charge in [0, 0.05) is 28.7 Å². The van der Waals surface area contributed by atoms with E-state index in [-0.39, 0.29) is 27.4 Å². The van der Waals surface area contributed by atoms with Crippen molar-refractivity contribution in [1.29, 1.82) is 0 Å². The Labute approximate surface area is 404 Å². The molecule has 12 nitrogen and oxygen atoms in total. The predicted octanol–water partition coefficient (Wildman–Crippen LogP) is 10.6. The average Bonchev–Trinajstić information content (AvgIpc) is 3.43. The number of nitrogens with zero attached hydrogens (tertiary/aromatic N) is 2. The molecule has 2 aliphatic heterocycles. The Hall–Kier alpha value is -5.68. The van der Waals surface area contributed by atoms with Gasteiger partial charge in [0.25, 0.3) is 23.6 Å². The molecular weight excluding hydrogens is 1040 g/mol. The number of rotatable bonds is 8. The van der Waals surface area contributed by atoms with E-state index in [0.29, 0.717) is 42.5 Å². The summed E-state index contributed by atoms with van der Waals surface area (Å²) < 4.78 is 0.802. The molecule has 0 saturated carbocycles. The lowest BCUT2D eigenvalue weighted by molar-refractivity contribution is -0.144. The van der Waals surface area contributed by atoms with Crippen molar-refractivity contribution >= 4 is 127 Å². The van der Waals surface area contributed by atoms with Crippen molar-refractivity contribution in [1.82, 2.24) is 9.80 Å². The SMILES string of the molecule is NC(=O)C(c1ccc(Cl)cc1)N1C(=O)c2cc(I)ccc2NC(=O)C1c1ccc(Cl)cc1.O=C(O)C(c1ccc(Cl)cc1)N1C(=O)c2cc(Cl)ccc2NC(=O)C1c1ccc(Cl)cc1. The topological polar surface area (TPSA) is 179 Å². The van der Waals surface area contributed by atoms with Gasteiger partial charge in [-0.15, -0.1) is 0 Å². The molecule has 2 aliphatic rings. The van der Waals surface area contributed by atoms with E-state index in [0.717, 1.165) is 8.47 Å². The molecule has 18 heteroatoms. The van der Waals surface area contributed by atoms with Crippen LogP contribution in [0.25, 0.3) is 0 Å². The maximum Gasteiger partial charge on any atom is 0.331 e. The van der Waals surface area contributed by atoms with Crippen molar-refractivity contribution in [3.8, 4) is 0 Å². The predicted molar refractivity (Wildman–Crippen MR) is 254 cm³/mol. The van der Waals surface area contributed by atoms with E-state index in [2.05, 4.69) is 33.2 Å². The van der Waals surface area contributed by atoms with Crippen molar-refractivity contribution in [2.24, 2.45) is 5.73 Å². The van der Waals surface area contributed by atoms with E-state index in [1.807, 2.05) is 0 Å². The van der Waals surface area contributed by atoms with Gasteiger partial charge in [0.15, 0.2) is 6.04 Å². The van der Waals surface area contributed by atoms with Crippen LogP contribution in [-0.2, 0) is 19.2 Å². The molecule has 0 fully saturated rings. The molecule has 2 heterocycles. The highest BCUT2D eigenvalue weighted by Crippen LogP contribution is 2.41. The number of carbonyl (C=O) groups is 6. The minimum atomic E-state index is -1.48. The summed E-state index contributed by atoms with van der Waals surface area (Å²) >= 11 is 32.2. The Kier molecular flexibility index (Phi) is 14.2. The molecule has 324 valence electrons. The van der Waals surface area contributed by atoms with Crippen LogP contribution in [0.4, 0.5) is 11.4 Å². The highest BCUT2D eigenvalue weighted by atomic mass is 127. The number of anilines is 2. The fourth-order valence-electron chi connectivity index (χ4n) is 7.39.